The van der Waals surface area contributed by atoms with E-state index in [1.54, 1.807) is 11.3 Å². The molecule has 2 heterocycles. The van der Waals surface area contributed by atoms with E-state index in [0.29, 0.717) is 12.6 Å². The number of hydrogen-bond acceptors (Lipinski definition) is 5. The van der Waals surface area contributed by atoms with Crippen LogP contribution in [0.15, 0.2) is 10.4 Å². The van der Waals surface area contributed by atoms with Gasteiger partial charge in [-0.2, -0.15) is 0 Å². The van der Waals surface area contributed by atoms with E-state index in [2.05, 4.69) is 32.5 Å². The minimum Gasteiger partial charge on any atom is -0.378 e. The number of thiazole rings is 1. The average molecular weight is 325 g/mol. The largest absolute Gasteiger partial charge is 0.378 e. The van der Waals surface area contributed by atoms with Crippen molar-refractivity contribution in [3.05, 3.63) is 11.1 Å². The quantitative estimate of drug-likeness (QED) is 0.661. The molecular formula is C15H27N5OS. The van der Waals surface area contributed by atoms with Crippen molar-refractivity contribution in [1.29, 1.82) is 0 Å². The maximum absolute atomic E-state index is 5.70. The third-order valence-corrected chi connectivity index (χ3v) is 4.76. The third-order valence-electron chi connectivity index (χ3n) is 3.71. The van der Waals surface area contributed by atoms with Gasteiger partial charge in [-0.3, -0.25) is 4.99 Å². The molecule has 124 valence electrons. The second kappa shape index (κ2) is 8.33. The molecule has 1 aliphatic heterocycles. The van der Waals surface area contributed by atoms with Crippen LogP contribution in [-0.2, 0) is 11.3 Å². The summed E-state index contributed by atoms with van der Waals surface area (Å²) >= 11 is 1.66. The first-order valence-electron chi connectivity index (χ1n) is 7.83. The molecule has 0 unspecified atom stereocenters. The molecule has 6 nitrogen and oxygen atoms in total. The standard InChI is InChI=1S/C15H27N5OS/c1-5-21-13-6-8-20(9-7-13)14(16-2)17-10-12-11-22-15(18-12)19(3)4/h11,13H,5-10H2,1-4H3,(H,16,17). The Morgan fingerprint density at radius 3 is 2.77 bits per heavy atom. The summed E-state index contributed by atoms with van der Waals surface area (Å²) in [5.74, 6) is 0.953. The maximum Gasteiger partial charge on any atom is 0.193 e. The van der Waals surface area contributed by atoms with Gasteiger partial charge in [-0.15, -0.1) is 11.3 Å². The van der Waals surface area contributed by atoms with Gasteiger partial charge in [0.05, 0.1) is 18.3 Å². The molecule has 2 rings (SSSR count). The highest BCUT2D eigenvalue weighted by Crippen LogP contribution is 2.18. The van der Waals surface area contributed by atoms with Gasteiger partial charge in [-0.1, -0.05) is 0 Å². The zero-order valence-electron chi connectivity index (χ0n) is 14.0. The van der Waals surface area contributed by atoms with Gasteiger partial charge in [-0.25, -0.2) is 4.98 Å². The Bertz CT molecular complexity index is 480. The van der Waals surface area contributed by atoms with Crippen molar-refractivity contribution in [3.8, 4) is 0 Å². The zero-order valence-corrected chi connectivity index (χ0v) is 14.8. The molecule has 1 aromatic rings. The fourth-order valence-electron chi connectivity index (χ4n) is 2.55. The van der Waals surface area contributed by atoms with Crippen LogP contribution < -0.4 is 10.2 Å². The molecule has 0 amide bonds. The number of aliphatic imine (C=N–C) groups is 1. The smallest absolute Gasteiger partial charge is 0.193 e. The number of ether oxygens (including phenoxy) is 1. The summed E-state index contributed by atoms with van der Waals surface area (Å²) in [7, 11) is 5.86. The first kappa shape index (κ1) is 17.0. The summed E-state index contributed by atoms with van der Waals surface area (Å²) in [6.07, 6.45) is 2.53. The number of rotatable bonds is 5. The number of likely N-dealkylation sites (tertiary alicyclic amines) is 1. The van der Waals surface area contributed by atoms with Crippen LogP contribution in [0.1, 0.15) is 25.5 Å². The number of nitrogens with one attached hydrogen (secondary N) is 1. The summed E-state index contributed by atoms with van der Waals surface area (Å²) in [5.41, 5.74) is 1.05. The lowest BCUT2D eigenvalue weighted by atomic mass is 10.1. The van der Waals surface area contributed by atoms with Crippen molar-refractivity contribution in [2.45, 2.75) is 32.4 Å². The third kappa shape index (κ3) is 4.58. The summed E-state index contributed by atoms with van der Waals surface area (Å²) in [4.78, 5) is 13.3. The van der Waals surface area contributed by atoms with E-state index in [-0.39, 0.29) is 0 Å². The van der Waals surface area contributed by atoms with E-state index < -0.39 is 0 Å². The molecule has 1 saturated heterocycles. The molecule has 0 aromatic carbocycles. The fourth-order valence-corrected chi connectivity index (χ4v) is 3.31. The van der Waals surface area contributed by atoms with Gasteiger partial charge in [0.15, 0.2) is 11.1 Å². The monoisotopic (exact) mass is 325 g/mol. The lowest BCUT2D eigenvalue weighted by Gasteiger charge is -2.33. The van der Waals surface area contributed by atoms with Gasteiger partial charge in [0, 0.05) is 46.2 Å². The molecule has 1 N–H and O–H groups in total. The molecule has 22 heavy (non-hydrogen) atoms. The van der Waals surface area contributed by atoms with Crippen molar-refractivity contribution >= 4 is 22.4 Å². The van der Waals surface area contributed by atoms with E-state index in [4.69, 9.17) is 4.74 Å². The first-order chi connectivity index (χ1) is 10.6. The molecule has 1 aromatic heterocycles. The lowest BCUT2D eigenvalue weighted by molar-refractivity contribution is 0.0263. The number of anilines is 1. The Labute approximate surface area is 137 Å². The summed E-state index contributed by atoms with van der Waals surface area (Å²) in [6, 6.07) is 0. The van der Waals surface area contributed by atoms with Gasteiger partial charge in [0.2, 0.25) is 0 Å². The molecule has 0 atom stereocenters. The number of piperidine rings is 1. The molecule has 0 spiro atoms. The Kier molecular flexibility index (Phi) is 6.45. The fraction of sp³-hybridized carbons (Fsp3) is 0.733. The summed E-state index contributed by atoms with van der Waals surface area (Å²) in [6.45, 7) is 5.55. The maximum atomic E-state index is 5.70. The van der Waals surface area contributed by atoms with Crippen molar-refractivity contribution in [2.24, 2.45) is 4.99 Å². The Balaban J connectivity index is 1.82. The van der Waals surface area contributed by atoms with Gasteiger partial charge in [0.25, 0.3) is 0 Å². The Morgan fingerprint density at radius 2 is 2.23 bits per heavy atom. The molecule has 0 saturated carbocycles. The SMILES string of the molecule is CCOC1CCN(C(=NC)NCc2csc(N(C)C)n2)CC1. The second-order valence-electron chi connectivity index (χ2n) is 5.56. The van der Waals surface area contributed by atoms with E-state index >= 15 is 0 Å². The minimum atomic E-state index is 0.403. The predicted octanol–water partition coefficient (Wildman–Crippen LogP) is 1.79. The molecule has 1 fully saturated rings. The van der Waals surface area contributed by atoms with Gasteiger partial charge < -0.3 is 19.9 Å². The first-order valence-corrected chi connectivity index (χ1v) is 8.71. The number of nitrogens with zero attached hydrogens (tertiary/aromatic N) is 4. The molecule has 0 radical (unpaired) electrons. The molecule has 0 aliphatic carbocycles. The number of hydrogen-bond donors (Lipinski definition) is 1. The van der Waals surface area contributed by atoms with Crippen LogP contribution in [0.5, 0.6) is 0 Å². The predicted molar refractivity (Wildman–Crippen MR) is 92.9 cm³/mol. The molecule has 7 heteroatoms. The normalized spacial score (nSPS) is 16.9. The second-order valence-corrected chi connectivity index (χ2v) is 6.39. The van der Waals surface area contributed by atoms with E-state index in [1.165, 1.54) is 0 Å². The van der Waals surface area contributed by atoms with Gasteiger partial charge in [-0.05, 0) is 19.8 Å². The zero-order chi connectivity index (χ0) is 15.9. The Hall–Kier alpha value is -1.34. The summed E-state index contributed by atoms with van der Waals surface area (Å²) < 4.78 is 5.70. The van der Waals surface area contributed by atoms with Crippen LogP contribution in [0.2, 0.25) is 0 Å². The van der Waals surface area contributed by atoms with Crippen LogP contribution >= 0.6 is 11.3 Å². The van der Waals surface area contributed by atoms with Crippen LogP contribution in [0.25, 0.3) is 0 Å². The van der Waals surface area contributed by atoms with E-state index in [9.17, 15) is 0 Å². The highest BCUT2D eigenvalue weighted by atomic mass is 32.1. The van der Waals surface area contributed by atoms with Crippen molar-refractivity contribution in [3.63, 3.8) is 0 Å². The van der Waals surface area contributed by atoms with E-state index in [0.717, 1.165) is 49.3 Å². The van der Waals surface area contributed by atoms with E-state index in [1.807, 2.05) is 26.0 Å². The van der Waals surface area contributed by atoms with Crippen LogP contribution in [0.3, 0.4) is 0 Å². The Morgan fingerprint density at radius 1 is 1.50 bits per heavy atom. The highest BCUT2D eigenvalue weighted by molar-refractivity contribution is 7.13. The highest BCUT2D eigenvalue weighted by Gasteiger charge is 2.21. The topological polar surface area (TPSA) is 53.0 Å². The molecule has 0 bridgehead atoms. The van der Waals surface area contributed by atoms with Crippen LogP contribution in [0, 0.1) is 0 Å². The minimum absolute atomic E-state index is 0.403. The lowest BCUT2D eigenvalue weighted by Crippen LogP contribution is -2.46. The van der Waals surface area contributed by atoms with Crippen LogP contribution in [-0.4, -0.2) is 62.8 Å². The number of guanidine groups is 1. The molecular weight excluding hydrogens is 298 g/mol. The van der Waals surface area contributed by atoms with Crippen molar-refractivity contribution in [2.75, 3.05) is 45.7 Å². The van der Waals surface area contributed by atoms with Crippen LogP contribution in [0.4, 0.5) is 5.13 Å². The van der Waals surface area contributed by atoms with Crippen molar-refractivity contribution < 1.29 is 4.74 Å². The van der Waals surface area contributed by atoms with Gasteiger partial charge in [0.1, 0.15) is 0 Å². The number of aromatic nitrogens is 1. The van der Waals surface area contributed by atoms with Gasteiger partial charge >= 0.3 is 0 Å². The average Bonchev–Trinajstić information content (AvgIpc) is 2.99. The molecule has 1 aliphatic rings. The van der Waals surface area contributed by atoms with Crippen molar-refractivity contribution in [1.82, 2.24) is 15.2 Å². The summed E-state index contributed by atoms with van der Waals surface area (Å²) in [5, 5.41) is 6.54.